The lowest BCUT2D eigenvalue weighted by molar-refractivity contribution is 0.226. The lowest BCUT2D eigenvalue weighted by atomic mass is 10.3. The summed E-state index contributed by atoms with van der Waals surface area (Å²) in [6, 6.07) is 0. The van der Waals surface area contributed by atoms with Gasteiger partial charge in [0.15, 0.2) is 0 Å². The molecule has 0 bridgehead atoms. The molecule has 5 heteroatoms. The fraction of sp³-hybridized carbons (Fsp3) is 0.600. The summed E-state index contributed by atoms with van der Waals surface area (Å²) >= 11 is 0. The van der Waals surface area contributed by atoms with Gasteiger partial charge in [-0.3, -0.25) is 9.88 Å². The number of nitrogens with one attached hydrogen (secondary N) is 1. The fourth-order valence-electron chi connectivity index (χ4n) is 1.71. The summed E-state index contributed by atoms with van der Waals surface area (Å²) in [5.41, 5.74) is 0.918. The van der Waals surface area contributed by atoms with Crippen molar-refractivity contribution < 1.29 is 4.74 Å². The number of hydrogen-bond donors (Lipinski definition) is 1. The quantitative estimate of drug-likeness (QED) is 0.751. The molecule has 0 saturated carbocycles. The third-order valence-electron chi connectivity index (χ3n) is 2.51. The van der Waals surface area contributed by atoms with Crippen LogP contribution in [0.5, 0.6) is 5.88 Å². The largest absolute Gasteiger partial charge is 0.480 e. The Morgan fingerprint density at radius 1 is 1.33 bits per heavy atom. The van der Waals surface area contributed by atoms with E-state index in [9.17, 15) is 0 Å². The van der Waals surface area contributed by atoms with E-state index < -0.39 is 0 Å². The van der Waals surface area contributed by atoms with E-state index in [0.29, 0.717) is 5.88 Å². The zero-order valence-electron chi connectivity index (χ0n) is 8.94. The van der Waals surface area contributed by atoms with Crippen LogP contribution in [0.3, 0.4) is 0 Å². The van der Waals surface area contributed by atoms with Crippen molar-refractivity contribution >= 4 is 0 Å². The molecular formula is C10H16N4O. The van der Waals surface area contributed by atoms with Crippen molar-refractivity contribution in [2.24, 2.45) is 0 Å². The Bertz CT molecular complexity index is 312. The second-order valence-corrected chi connectivity index (χ2v) is 3.54. The maximum atomic E-state index is 5.17. The van der Waals surface area contributed by atoms with E-state index in [1.165, 1.54) is 0 Å². The zero-order valence-corrected chi connectivity index (χ0v) is 8.94. The summed E-state index contributed by atoms with van der Waals surface area (Å²) in [6.07, 6.45) is 3.36. The Morgan fingerprint density at radius 2 is 2.07 bits per heavy atom. The molecule has 0 amide bonds. The summed E-state index contributed by atoms with van der Waals surface area (Å²) in [4.78, 5) is 10.8. The summed E-state index contributed by atoms with van der Waals surface area (Å²) in [5, 5.41) is 3.32. The van der Waals surface area contributed by atoms with E-state index in [4.69, 9.17) is 4.74 Å². The van der Waals surface area contributed by atoms with Crippen LogP contribution in [0.25, 0.3) is 0 Å². The molecule has 0 aromatic carbocycles. The lowest BCUT2D eigenvalue weighted by Crippen LogP contribution is -2.43. The van der Waals surface area contributed by atoms with Crippen molar-refractivity contribution in [3.63, 3.8) is 0 Å². The molecular weight excluding hydrogens is 192 g/mol. The number of aromatic nitrogens is 2. The van der Waals surface area contributed by atoms with E-state index in [1.54, 1.807) is 19.5 Å². The molecule has 1 aromatic heterocycles. The summed E-state index contributed by atoms with van der Waals surface area (Å²) < 4.78 is 5.17. The number of nitrogens with zero attached hydrogens (tertiary/aromatic N) is 3. The Morgan fingerprint density at radius 3 is 2.80 bits per heavy atom. The van der Waals surface area contributed by atoms with Crippen LogP contribution < -0.4 is 10.1 Å². The minimum absolute atomic E-state index is 0.635. The molecule has 2 heterocycles. The number of ether oxygens (including phenoxy) is 1. The molecule has 1 aliphatic rings. The monoisotopic (exact) mass is 208 g/mol. The predicted molar refractivity (Wildman–Crippen MR) is 56.7 cm³/mol. The Hall–Kier alpha value is -1.20. The van der Waals surface area contributed by atoms with E-state index in [-0.39, 0.29) is 0 Å². The van der Waals surface area contributed by atoms with Gasteiger partial charge in [0.25, 0.3) is 0 Å². The van der Waals surface area contributed by atoms with Crippen LogP contribution in [-0.2, 0) is 6.54 Å². The highest BCUT2D eigenvalue weighted by molar-refractivity contribution is 5.16. The van der Waals surface area contributed by atoms with Gasteiger partial charge in [-0.15, -0.1) is 0 Å². The normalized spacial score (nSPS) is 17.7. The molecule has 2 rings (SSSR count). The standard InChI is InChI=1S/C10H16N4O/c1-15-10-9(12-2-3-13-10)8-14-6-4-11-5-7-14/h2-3,11H,4-8H2,1H3. The third-order valence-corrected chi connectivity index (χ3v) is 2.51. The van der Waals surface area contributed by atoms with Crippen LogP contribution in [-0.4, -0.2) is 48.2 Å². The first-order valence-corrected chi connectivity index (χ1v) is 5.17. The second kappa shape index (κ2) is 5.04. The van der Waals surface area contributed by atoms with Gasteiger partial charge in [-0.2, -0.15) is 0 Å². The van der Waals surface area contributed by atoms with Gasteiger partial charge in [0, 0.05) is 45.1 Å². The highest BCUT2D eigenvalue weighted by Crippen LogP contribution is 2.13. The van der Waals surface area contributed by atoms with Crippen molar-refractivity contribution in [2.75, 3.05) is 33.3 Å². The molecule has 15 heavy (non-hydrogen) atoms. The molecule has 0 spiro atoms. The first-order chi connectivity index (χ1) is 7.40. The second-order valence-electron chi connectivity index (χ2n) is 3.54. The maximum absolute atomic E-state index is 5.17. The summed E-state index contributed by atoms with van der Waals surface area (Å²) in [5.74, 6) is 0.635. The van der Waals surface area contributed by atoms with Gasteiger partial charge in [0.05, 0.1) is 7.11 Å². The van der Waals surface area contributed by atoms with Gasteiger partial charge in [-0.25, -0.2) is 4.98 Å². The van der Waals surface area contributed by atoms with Gasteiger partial charge in [-0.05, 0) is 0 Å². The molecule has 1 saturated heterocycles. The molecule has 0 radical (unpaired) electrons. The number of piperazine rings is 1. The van der Waals surface area contributed by atoms with E-state index >= 15 is 0 Å². The smallest absolute Gasteiger partial charge is 0.236 e. The third kappa shape index (κ3) is 2.64. The highest BCUT2D eigenvalue weighted by Gasteiger charge is 2.13. The molecule has 82 valence electrons. The SMILES string of the molecule is COc1nccnc1CN1CCNCC1. The first-order valence-electron chi connectivity index (χ1n) is 5.17. The minimum atomic E-state index is 0.635. The van der Waals surface area contributed by atoms with Crippen molar-refractivity contribution in [3.8, 4) is 5.88 Å². The average molecular weight is 208 g/mol. The van der Waals surface area contributed by atoms with Crippen molar-refractivity contribution in [1.82, 2.24) is 20.2 Å². The van der Waals surface area contributed by atoms with Crippen LogP contribution in [0.15, 0.2) is 12.4 Å². The molecule has 0 aliphatic carbocycles. The Balaban J connectivity index is 2.02. The lowest BCUT2D eigenvalue weighted by Gasteiger charge is -2.26. The van der Waals surface area contributed by atoms with Crippen LogP contribution in [0.1, 0.15) is 5.69 Å². The van der Waals surface area contributed by atoms with Gasteiger partial charge < -0.3 is 10.1 Å². The molecule has 0 unspecified atom stereocenters. The molecule has 5 nitrogen and oxygen atoms in total. The van der Waals surface area contributed by atoms with E-state index in [0.717, 1.165) is 38.4 Å². The molecule has 1 fully saturated rings. The maximum Gasteiger partial charge on any atom is 0.236 e. The van der Waals surface area contributed by atoms with Crippen molar-refractivity contribution in [1.29, 1.82) is 0 Å². The molecule has 0 atom stereocenters. The van der Waals surface area contributed by atoms with Crippen LogP contribution >= 0.6 is 0 Å². The van der Waals surface area contributed by atoms with Crippen LogP contribution in [0.2, 0.25) is 0 Å². The van der Waals surface area contributed by atoms with Crippen LogP contribution in [0, 0.1) is 0 Å². The van der Waals surface area contributed by atoms with Crippen molar-refractivity contribution in [3.05, 3.63) is 18.1 Å². The highest BCUT2D eigenvalue weighted by atomic mass is 16.5. The van der Waals surface area contributed by atoms with Crippen LogP contribution in [0.4, 0.5) is 0 Å². The first kappa shape index (κ1) is 10.3. The van der Waals surface area contributed by atoms with E-state index in [1.807, 2.05) is 0 Å². The Kier molecular flexibility index (Phi) is 3.47. The summed E-state index contributed by atoms with van der Waals surface area (Å²) in [6.45, 7) is 5.02. The molecule has 1 aromatic rings. The number of rotatable bonds is 3. The average Bonchev–Trinajstić information content (AvgIpc) is 2.31. The van der Waals surface area contributed by atoms with Gasteiger partial charge in [0.2, 0.25) is 5.88 Å². The van der Waals surface area contributed by atoms with Gasteiger partial charge in [-0.1, -0.05) is 0 Å². The number of hydrogen-bond acceptors (Lipinski definition) is 5. The minimum Gasteiger partial charge on any atom is -0.480 e. The zero-order chi connectivity index (χ0) is 10.5. The molecule has 1 aliphatic heterocycles. The van der Waals surface area contributed by atoms with E-state index in [2.05, 4.69) is 20.2 Å². The fourth-order valence-corrected chi connectivity index (χ4v) is 1.71. The Labute approximate surface area is 89.5 Å². The van der Waals surface area contributed by atoms with Gasteiger partial charge in [0.1, 0.15) is 5.69 Å². The topological polar surface area (TPSA) is 50.3 Å². The van der Waals surface area contributed by atoms with Gasteiger partial charge >= 0.3 is 0 Å². The summed E-state index contributed by atoms with van der Waals surface area (Å²) in [7, 11) is 1.63. The predicted octanol–water partition coefficient (Wildman–Crippen LogP) is -0.110. The number of methoxy groups -OCH3 is 1. The molecule has 1 N–H and O–H groups in total. The van der Waals surface area contributed by atoms with Crippen molar-refractivity contribution in [2.45, 2.75) is 6.54 Å².